The van der Waals surface area contributed by atoms with Crippen LogP contribution in [0.5, 0.6) is 0 Å². The van der Waals surface area contributed by atoms with E-state index in [1.54, 1.807) is 4.68 Å². The van der Waals surface area contributed by atoms with Crippen LogP contribution in [0.3, 0.4) is 0 Å². The van der Waals surface area contributed by atoms with Gasteiger partial charge in [-0.1, -0.05) is 53.6 Å². The maximum Gasteiger partial charge on any atom is 0.248 e. The maximum absolute atomic E-state index is 5.49. The quantitative estimate of drug-likeness (QED) is 0.685. The number of morpholine rings is 1. The van der Waals surface area contributed by atoms with Crippen molar-refractivity contribution in [2.75, 3.05) is 38.2 Å². The number of nitrogens with zero attached hydrogens (tertiary/aromatic N) is 4. The fourth-order valence-corrected chi connectivity index (χ4v) is 3.27. The number of quaternary nitrogens is 1. The van der Waals surface area contributed by atoms with Crippen molar-refractivity contribution < 1.29 is 9.64 Å². The second kappa shape index (κ2) is 8.07. The Bertz CT molecular complexity index is 801. The molecule has 2 heterocycles. The first kappa shape index (κ1) is 16.7. The molecule has 0 bridgehead atoms. The van der Waals surface area contributed by atoms with Crippen LogP contribution in [-0.4, -0.2) is 53.1 Å². The Balaban J connectivity index is 1.58. The third-order valence-corrected chi connectivity index (χ3v) is 4.67. The lowest BCUT2D eigenvalue weighted by Gasteiger charge is -2.28. The lowest BCUT2D eigenvalue weighted by atomic mass is 10.1. The normalized spacial score (nSPS) is 16.3. The molecule has 4 rings (SSSR count). The molecule has 1 atom stereocenters. The van der Waals surface area contributed by atoms with Crippen LogP contribution < -0.4 is 10.2 Å². The molecule has 0 radical (unpaired) electrons. The topological polar surface area (TPSA) is 69.3 Å². The highest BCUT2D eigenvalue weighted by Crippen LogP contribution is 2.18. The molecule has 0 aliphatic carbocycles. The highest BCUT2D eigenvalue weighted by atomic mass is 16.5. The van der Waals surface area contributed by atoms with Gasteiger partial charge in [-0.3, -0.25) is 0 Å². The summed E-state index contributed by atoms with van der Waals surface area (Å²) < 4.78 is 7.23. The molecular formula is C19H23N6O+. The molecule has 0 amide bonds. The number of hydrogen-bond acceptors (Lipinski definition) is 5. The molecule has 1 aliphatic rings. The van der Waals surface area contributed by atoms with Crippen LogP contribution in [0.15, 0.2) is 60.7 Å². The first-order valence-corrected chi connectivity index (χ1v) is 8.97. The molecule has 7 heteroatoms. The minimum absolute atomic E-state index is 0.123. The standard InChI is InChI=1S/C19H22N6O/c1-3-7-16(8-4-1)18(15-24-11-13-26-14-12-24)20-19-21-22-23-25(19)17-9-5-2-6-10-17/h1-10,18H,11-15H2,(H,20,21,23)/p+1/t18-/m1/s1. The highest BCUT2D eigenvalue weighted by molar-refractivity contribution is 5.40. The second-order valence-electron chi connectivity index (χ2n) is 6.42. The van der Waals surface area contributed by atoms with Gasteiger partial charge in [0.25, 0.3) is 0 Å². The predicted molar refractivity (Wildman–Crippen MR) is 98.3 cm³/mol. The average molecular weight is 351 g/mol. The summed E-state index contributed by atoms with van der Waals surface area (Å²) in [6.45, 7) is 4.63. The molecule has 2 N–H and O–H groups in total. The van der Waals surface area contributed by atoms with Gasteiger partial charge >= 0.3 is 0 Å². The lowest BCUT2D eigenvalue weighted by Crippen LogP contribution is -3.14. The molecule has 1 aliphatic heterocycles. The molecule has 1 fully saturated rings. The Kier molecular flexibility index (Phi) is 5.18. The number of anilines is 1. The van der Waals surface area contributed by atoms with E-state index in [1.165, 1.54) is 10.5 Å². The van der Waals surface area contributed by atoms with E-state index >= 15 is 0 Å². The summed E-state index contributed by atoms with van der Waals surface area (Å²) in [6, 6.07) is 20.5. The molecule has 1 saturated heterocycles. The Labute approximate surface area is 152 Å². The Morgan fingerprint density at radius 3 is 2.42 bits per heavy atom. The molecule has 0 saturated carbocycles. The van der Waals surface area contributed by atoms with Crippen molar-refractivity contribution >= 4 is 5.95 Å². The zero-order valence-electron chi connectivity index (χ0n) is 14.6. The van der Waals surface area contributed by atoms with E-state index in [4.69, 9.17) is 4.74 Å². The summed E-state index contributed by atoms with van der Waals surface area (Å²) in [7, 11) is 0. The summed E-state index contributed by atoms with van der Waals surface area (Å²) in [4.78, 5) is 1.52. The van der Waals surface area contributed by atoms with Crippen molar-refractivity contribution in [1.29, 1.82) is 0 Å². The summed E-state index contributed by atoms with van der Waals surface area (Å²) >= 11 is 0. The molecule has 134 valence electrons. The van der Waals surface area contributed by atoms with Crippen molar-refractivity contribution in [3.63, 3.8) is 0 Å². The number of ether oxygens (including phenoxy) is 1. The monoisotopic (exact) mass is 351 g/mol. The van der Waals surface area contributed by atoms with Crippen LogP contribution in [0.1, 0.15) is 11.6 Å². The third-order valence-electron chi connectivity index (χ3n) is 4.67. The average Bonchev–Trinajstić information content (AvgIpc) is 3.18. The first-order valence-electron chi connectivity index (χ1n) is 8.97. The van der Waals surface area contributed by atoms with Crippen LogP contribution >= 0.6 is 0 Å². The van der Waals surface area contributed by atoms with Gasteiger partial charge in [-0.25, -0.2) is 0 Å². The second-order valence-corrected chi connectivity index (χ2v) is 6.42. The van der Waals surface area contributed by atoms with Gasteiger partial charge < -0.3 is 15.0 Å². The summed E-state index contributed by atoms with van der Waals surface area (Å²) in [6.07, 6.45) is 0. The molecule has 0 spiro atoms. The summed E-state index contributed by atoms with van der Waals surface area (Å²) in [5.74, 6) is 0.651. The Morgan fingerprint density at radius 1 is 1.00 bits per heavy atom. The fraction of sp³-hybridized carbons (Fsp3) is 0.316. The maximum atomic E-state index is 5.49. The van der Waals surface area contributed by atoms with Crippen LogP contribution in [0.2, 0.25) is 0 Å². The molecule has 3 aromatic rings. The van der Waals surface area contributed by atoms with Gasteiger partial charge in [0.2, 0.25) is 5.95 Å². The number of rotatable bonds is 6. The zero-order chi connectivity index (χ0) is 17.6. The Morgan fingerprint density at radius 2 is 1.69 bits per heavy atom. The van der Waals surface area contributed by atoms with Gasteiger partial charge in [0.05, 0.1) is 18.9 Å². The van der Waals surface area contributed by atoms with Gasteiger partial charge in [0.15, 0.2) is 0 Å². The van der Waals surface area contributed by atoms with Crippen molar-refractivity contribution in [3.8, 4) is 5.69 Å². The van der Waals surface area contributed by atoms with Crippen LogP contribution in [0.4, 0.5) is 5.95 Å². The number of tetrazole rings is 1. The minimum atomic E-state index is 0.123. The minimum Gasteiger partial charge on any atom is -0.370 e. The molecule has 0 unspecified atom stereocenters. The summed E-state index contributed by atoms with van der Waals surface area (Å²) in [5, 5.41) is 15.8. The van der Waals surface area contributed by atoms with Crippen LogP contribution in [-0.2, 0) is 4.74 Å². The largest absolute Gasteiger partial charge is 0.370 e. The molecular weight excluding hydrogens is 328 g/mol. The molecule has 1 aromatic heterocycles. The number of para-hydroxylation sites is 1. The molecule has 2 aromatic carbocycles. The Hall–Kier alpha value is -2.77. The van der Waals surface area contributed by atoms with Crippen molar-refractivity contribution in [2.45, 2.75) is 6.04 Å². The molecule has 26 heavy (non-hydrogen) atoms. The van der Waals surface area contributed by atoms with E-state index in [1.807, 2.05) is 36.4 Å². The van der Waals surface area contributed by atoms with Gasteiger partial charge in [0, 0.05) is 0 Å². The smallest absolute Gasteiger partial charge is 0.248 e. The van der Waals surface area contributed by atoms with Crippen LogP contribution in [0.25, 0.3) is 5.69 Å². The van der Waals surface area contributed by atoms with Crippen molar-refractivity contribution in [2.24, 2.45) is 0 Å². The van der Waals surface area contributed by atoms with E-state index in [0.29, 0.717) is 5.95 Å². The van der Waals surface area contributed by atoms with E-state index in [-0.39, 0.29) is 6.04 Å². The highest BCUT2D eigenvalue weighted by Gasteiger charge is 2.23. The van der Waals surface area contributed by atoms with Gasteiger partial charge in [-0.05, 0) is 28.1 Å². The number of benzene rings is 2. The first-order chi connectivity index (χ1) is 12.9. The van der Waals surface area contributed by atoms with E-state index in [9.17, 15) is 0 Å². The van der Waals surface area contributed by atoms with Crippen LogP contribution in [0, 0.1) is 0 Å². The SMILES string of the molecule is c1ccc([C@@H](C[NH+]2CCOCC2)Nc2nnnn2-c2ccccc2)cc1. The van der Waals surface area contributed by atoms with Gasteiger partial charge in [-0.2, -0.15) is 4.68 Å². The number of nitrogens with one attached hydrogen (secondary N) is 2. The van der Waals surface area contributed by atoms with Gasteiger partial charge in [-0.15, -0.1) is 0 Å². The van der Waals surface area contributed by atoms with E-state index < -0.39 is 0 Å². The van der Waals surface area contributed by atoms with Crippen molar-refractivity contribution in [1.82, 2.24) is 20.2 Å². The van der Waals surface area contributed by atoms with E-state index in [0.717, 1.165) is 38.5 Å². The van der Waals surface area contributed by atoms with Crippen molar-refractivity contribution in [3.05, 3.63) is 66.2 Å². The van der Waals surface area contributed by atoms with E-state index in [2.05, 4.69) is 45.1 Å². The third kappa shape index (κ3) is 3.89. The fourth-order valence-electron chi connectivity index (χ4n) is 3.27. The van der Waals surface area contributed by atoms with Gasteiger partial charge in [0.1, 0.15) is 25.7 Å². The summed E-state index contributed by atoms with van der Waals surface area (Å²) in [5.41, 5.74) is 2.17. The lowest BCUT2D eigenvalue weighted by molar-refractivity contribution is -0.909. The molecule has 7 nitrogen and oxygen atoms in total. The number of hydrogen-bond donors (Lipinski definition) is 2. The predicted octanol–water partition coefficient (Wildman–Crippen LogP) is 0.731. The number of aromatic nitrogens is 4. The zero-order valence-corrected chi connectivity index (χ0v) is 14.6.